The molecular formula is C9H9ClFN. The summed E-state index contributed by atoms with van der Waals surface area (Å²) in [6, 6.07) is 4.14. The quantitative estimate of drug-likeness (QED) is 0.705. The minimum absolute atomic E-state index is 0.106. The second-order valence-electron chi connectivity index (χ2n) is 2.44. The second-order valence-corrected chi connectivity index (χ2v) is 2.84. The Bertz CT molecular complexity index is 299. The number of rotatable bonds is 2. The Balaban J connectivity index is 3.04. The molecule has 0 amide bonds. The van der Waals surface area contributed by atoms with Crippen LogP contribution >= 0.6 is 11.6 Å². The molecule has 0 aliphatic rings. The Kier molecular flexibility index (Phi) is 2.84. The third kappa shape index (κ3) is 1.84. The van der Waals surface area contributed by atoms with Gasteiger partial charge in [0.2, 0.25) is 0 Å². The van der Waals surface area contributed by atoms with Crippen LogP contribution in [0.5, 0.6) is 0 Å². The lowest BCUT2D eigenvalue weighted by Gasteiger charge is -2.06. The van der Waals surface area contributed by atoms with Gasteiger partial charge in [0, 0.05) is 6.04 Å². The molecular weight excluding hydrogens is 177 g/mol. The first-order valence-corrected chi connectivity index (χ1v) is 3.86. The first-order valence-electron chi connectivity index (χ1n) is 3.48. The molecule has 0 spiro atoms. The van der Waals surface area contributed by atoms with E-state index in [4.69, 9.17) is 17.3 Å². The summed E-state index contributed by atoms with van der Waals surface area (Å²) in [5, 5.41) is 0.106. The van der Waals surface area contributed by atoms with Crippen molar-refractivity contribution in [3.05, 3.63) is 47.3 Å². The van der Waals surface area contributed by atoms with E-state index in [-0.39, 0.29) is 11.1 Å². The normalized spacial score (nSPS) is 12.6. The van der Waals surface area contributed by atoms with Gasteiger partial charge in [-0.05, 0) is 17.7 Å². The van der Waals surface area contributed by atoms with E-state index in [1.165, 1.54) is 12.1 Å². The summed E-state index contributed by atoms with van der Waals surface area (Å²) in [7, 11) is 0. The Morgan fingerprint density at radius 2 is 2.25 bits per heavy atom. The van der Waals surface area contributed by atoms with Crippen molar-refractivity contribution in [1.82, 2.24) is 0 Å². The third-order valence-electron chi connectivity index (χ3n) is 1.58. The topological polar surface area (TPSA) is 26.0 Å². The fraction of sp³-hybridized carbons (Fsp3) is 0.111. The molecule has 0 saturated heterocycles. The van der Waals surface area contributed by atoms with Gasteiger partial charge in [-0.15, -0.1) is 6.58 Å². The lowest BCUT2D eigenvalue weighted by molar-refractivity contribution is 0.624. The maximum Gasteiger partial charge on any atom is 0.142 e. The summed E-state index contributed by atoms with van der Waals surface area (Å²) >= 11 is 5.49. The van der Waals surface area contributed by atoms with Crippen molar-refractivity contribution in [3.63, 3.8) is 0 Å². The predicted octanol–water partition coefficient (Wildman–Crippen LogP) is 2.66. The number of hydrogen-bond donors (Lipinski definition) is 1. The minimum Gasteiger partial charge on any atom is -0.321 e. The average Bonchev–Trinajstić information content (AvgIpc) is 2.08. The van der Waals surface area contributed by atoms with Crippen molar-refractivity contribution in [2.75, 3.05) is 0 Å². The SMILES string of the molecule is C=CC(N)c1ccc(Cl)c(F)c1. The molecule has 0 bridgehead atoms. The summed E-state index contributed by atoms with van der Waals surface area (Å²) in [5.41, 5.74) is 6.26. The highest BCUT2D eigenvalue weighted by atomic mass is 35.5. The summed E-state index contributed by atoms with van der Waals surface area (Å²) in [4.78, 5) is 0. The highest BCUT2D eigenvalue weighted by molar-refractivity contribution is 6.30. The molecule has 3 heteroatoms. The molecule has 1 nitrogen and oxygen atoms in total. The van der Waals surface area contributed by atoms with Gasteiger partial charge in [-0.1, -0.05) is 23.7 Å². The lowest BCUT2D eigenvalue weighted by Crippen LogP contribution is -2.06. The molecule has 0 heterocycles. The van der Waals surface area contributed by atoms with Crippen molar-refractivity contribution in [2.24, 2.45) is 5.73 Å². The zero-order valence-electron chi connectivity index (χ0n) is 6.43. The Morgan fingerprint density at radius 1 is 1.58 bits per heavy atom. The largest absolute Gasteiger partial charge is 0.321 e. The first kappa shape index (κ1) is 9.23. The maximum absolute atomic E-state index is 12.9. The van der Waals surface area contributed by atoms with Gasteiger partial charge in [0.25, 0.3) is 0 Å². The summed E-state index contributed by atoms with van der Waals surface area (Å²) in [6.45, 7) is 3.51. The molecule has 0 aliphatic heterocycles. The van der Waals surface area contributed by atoms with Crippen LogP contribution in [0.4, 0.5) is 4.39 Å². The monoisotopic (exact) mass is 185 g/mol. The molecule has 0 aromatic heterocycles. The van der Waals surface area contributed by atoms with Gasteiger partial charge in [0.1, 0.15) is 5.82 Å². The van der Waals surface area contributed by atoms with E-state index in [0.29, 0.717) is 5.56 Å². The number of halogens is 2. The van der Waals surface area contributed by atoms with E-state index in [1.807, 2.05) is 0 Å². The van der Waals surface area contributed by atoms with Crippen LogP contribution in [0.3, 0.4) is 0 Å². The van der Waals surface area contributed by atoms with Gasteiger partial charge in [-0.2, -0.15) is 0 Å². The first-order chi connectivity index (χ1) is 5.65. The van der Waals surface area contributed by atoms with E-state index >= 15 is 0 Å². The van der Waals surface area contributed by atoms with Crippen molar-refractivity contribution in [3.8, 4) is 0 Å². The number of hydrogen-bond acceptors (Lipinski definition) is 1. The van der Waals surface area contributed by atoms with Crippen LogP contribution in [0.25, 0.3) is 0 Å². The Labute approximate surface area is 75.6 Å². The van der Waals surface area contributed by atoms with Gasteiger partial charge in [-0.3, -0.25) is 0 Å². The van der Waals surface area contributed by atoms with Crippen molar-refractivity contribution >= 4 is 11.6 Å². The smallest absolute Gasteiger partial charge is 0.142 e. The Hall–Kier alpha value is -0.860. The number of nitrogens with two attached hydrogens (primary N) is 1. The number of benzene rings is 1. The van der Waals surface area contributed by atoms with Crippen molar-refractivity contribution in [2.45, 2.75) is 6.04 Å². The average molecular weight is 186 g/mol. The van der Waals surface area contributed by atoms with E-state index in [2.05, 4.69) is 6.58 Å². The van der Waals surface area contributed by atoms with Crippen LogP contribution in [0.2, 0.25) is 5.02 Å². The predicted molar refractivity (Wildman–Crippen MR) is 48.5 cm³/mol. The molecule has 1 atom stereocenters. The van der Waals surface area contributed by atoms with Gasteiger partial charge < -0.3 is 5.73 Å². The van der Waals surface area contributed by atoms with E-state index in [1.54, 1.807) is 12.1 Å². The fourth-order valence-electron chi connectivity index (χ4n) is 0.856. The molecule has 1 aromatic rings. The molecule has 0 radical (unpaired) electrons. The van der Waals surface area contributed by atoms with Crippen LogP contribution in [-0.4, -0.2) is 0 Å². The molecule has 1 aromatic carbocycles. The van der Waals surface area contributed by atoms with E-state index in [9.17, 15) is 4.39 Å². The highest BCUT2D eigenvalue weighted by Crippen LogP contribution is 2.19. The lowest BCUT2D eigenvalue weighted by atomic mass is 10.1. The van der Waals surface area contributed by atoms with Gasteiger partial charge in [-0.25, -0.2) is 4.39 Å². The van der Waals surface area contributed by atoms with Gasteiger partial charge >= 0.3 is 0 Å². The molecule has 1 rings (SSSR count). The molecule has 1 unspecified atom stereocenters. The summed E-state index contributed by atoms with van der Waals surface area (Å²) in [6.07, 6.45) is 1.54. The van der Waals surface area contributed by atoms with Crippen LogP contribution < -0.4 is 5.73 Å². The van der Waals surface area contributed by atoms with Crippen LogP contribution in [0, 0.1) is 5.82 Å². The molecule has 0 saturated carbocycles. The molecule has 0 fully saturated rings. The van der Waals surface area contributed by atoms with Crippen molar-refractivity contribution in [1.29, 1.82) is 0 Å². The maximum atomic E-state index is 12.9. The van der Waals surface area contributed by atoms with Crippen LogP contribution in [0.1, 0.15) is 11.6 Å². The van der Waals surface area contributed by atoms with Crippen molar-refractivity contribution < 1.29 is 4.39 Å². The zero-order chi connectivity index (χ0) is 9.14. The minimum atomic E-state index is -0.452. The molecule has 2 N–H and O–H groups in total. The Morgan fingerprint density at radius 3 is 2.75 bits per heavy atom. The summed E-state index contributed by atoms with van der Waals surface area (Å²) < 4.78 is 12.9. The standard InChI is InChI=1S/C9H9ClFN/c1-2-9(12)6-3-4-7(10)8(11)5-6/h2-5,9H,1,12H2. The second kappa shape index (κ2) is 3.70. The van der Waals surface area contributed by atoms with Crippen LogP contribution in [-0.2, 0) is 0 Å². The van der Waals surface area contributed by atoms with E-state index in [0.717, 1.165) is 0 Å². The van der Waals surface area contributed by atoms with Gasteiger partial charge in [0.15, 0.2) is 0 Å². The fourth-order valence-corrected chi connectivity index (χ4v) is 0.973. The molecule has 12 heavy (non-hydrogen) atoms. The zero-order valence-corrected chi connectivity index (χ0v) is 7.18. The van der Waals surface area contributed by atoms with Crippen LogP contribution in [0.15, 0.2) is 30.9 Å². The third-order valence-corrected chi connectivity index (χ3v) is 1.89. The van der Waals surface area contributed by atoms with E-state index < -0.39 is 5.82 Å². The van der Waals surface area contributed by atoms with Gasteiger partial charge in [0.05, 0.1) is 5.02 Å². The highest BCUT2D eigenvalue weighted by Gasteiger charge is 2.04. The molecule has 64 valence electrons. The molecule has 0 aliphatic carbocycles. The summed E-state index contributed by atoms with van der Waals surface area (Å²) in [5.74, 6) is -0.452.